The van der Waals surface area contributed by atoms with Crippen molar-refractivity contribution in [3.8, 4) is 5.75 Å². The molecule has 12 heteroatoms. The zero-order valence-corrected chi connectivity index (χ0v) is 20.3. The van der Waals surface area contributed by atoms with Crippen molar-refractivity contribution in [2.45, 2.75) is 70.1 Å². The van der Waals surface area contributed by atoms with E-state index in [1.807, 2.05) is 0 Å². The van der Waals surface area contributed by atoms with E-state index in [2.05, 4.69) is 10.6 Å². The number of aromatic hydroxyl groups is 1. The summed E-state index contributed by atoms with van der Waals surface area (Å²) in [5.74, 6) is -4.72. The van der Waals surface area contributed by atoms with Crippen LogP contribution in [0.2, 0.25) is 0 Å². The van der Waals surface area contributed by atoms with E-state index in [1.54, 1.807) is 26.0 Å². The molecule has 0 aromatic heterocycles. The van der Waals surface area contributed by atoms with Crippen LogP contribution >= 0.6 is 0 Å². The van der Waals surface area contributed by atoms with E-state index in [9.17, 15) is 39.3 Å². The summed E-state index contributed by atoms with van der Waals surface area (Å²) in [5, 5.41) is 32.7. The van der Waals surface area contributed by atoms with Crippen LogP contribution in [0.5, 0.6) is 5.75 Å². The van der Waals surface area contributed by atoms with E-state index in [1.165, 1.54) is 17.0 Å². The number of phenolic OH excluding ortho intramolecular Hbond substituents is 1. The number of hydrogen-bond donors (Lipinski definition) is 6. The Labute approximate surface area is 208 Å². The number of rotatable bonds is 12. The van der Waals surface area contributed by atoms with Gasteiger partial charge in [-0.1, -0.05) is 26.0 Å². The lowest BCUT2D eigenvalue weighted by molar-refractivity contribution is -0.145. The minimum atomic E-state index is -1.52. The number of carboxylic acid groups (broad SMARTS) is 2. The van der Waals surface area contributed by atoms with E-state index in [0.717, 1.165) is 5.56 Å². The number of hydrogen-bond acceptors (Lipinski definition) is 7. The number of phenols is 1. The molecule has 0 spiro atoms. The Morgan fingerprint density at radius 3 is 2.25 bits per heavy atom. The molecule has 4 unspecified atom stereocenters. The molecule has 1 aromatic carbocycles. The third-order valence-corrected chi connectivity index (χ3v) is 5.88. The summed E-state index contributed by atoms with van der Waals surface area (Å²) in [6.07, 6.45) is 0.364. The lowest BCUT2D eigenvalue weighted by Crippen LogP contribution is -2.57. The van der Waals surface area contributed by atoms with Gasteiger partial charge >= 0.3 is 11.9 Å². The van der Waals surface area contributed by atoms with Crippen LogP contribution in [0.1, 0.15) is 45.1 Å². The van der Waals surface area contributed by atoms with E-state index >= 15 is 0 Å². The van der Waals surface area contributed by atoms with E-state index < -0.39 is 60.2 Å². The Bertz CT molecular complexity index is 965. The fraction of sp³-hybridized carbons (Fsp3) is 0.542. The number of carboxylic acids is 2. The molecule has 1 heterocycles. The zero-order valence-electron chi connectivity index (χ0n) is 20.3. The maximum Gasteiger partial charge on any atom is 0.326 e. The standard InChI is InChI=1S/C24H34N4O8/c1-13(2)10-18(24(35)36)27-21(32)17(12-20(30)31)26-22(33)19-4-3-9-28(19)23(34)16(25)11-14-5-7-15(29)8-6-14/h5-8,13,16-19,29H,3-4,9-12,25H2,1-2H3,(H,26,33)(H,27,32)(H,30,31)(H,35,36). The molecule has 4 atom stereocenters. The maximum absolute atomic E-state index is 13.0. The van der Waals surface area contributed by atoms with Gasteiger partial charge in [-0.05, 0) is 49.3 Å². The molecule has 0 saturated carbocycles. The minimum Gasteiger partial charge on any atom is -0.508 e. The molecule has 7 N–H and O–H groups in total. The van der Waals surface area contributed by atoms with Crippen LogP contribution in [0, 0.1) is 5.92 Å². The summed E-state index contributed by atoms with van der Waals surface area (Å²) in [7, 11) is 0. The molecule has 198 valence electrons. The van der Waals surface area contributed by atoms with Gasteiger partial charge in [0.2, 0.25) is 17.7 Å². The van der Waals surface area contributed by atoms with Gasteiger partial charge in [0, 0.05) is 6.54 Å². The molecule has 2 rings (SSSR count). The predicted octanol–water partition coefficient (Wildman–Crippen LogP) is -0.172. The quantitative estimate of drug-likeness (QED) is 0.223. The molecule has 1 saturated heterocycles. The number of likely N-dealkylation sites (tertiary alicyclic amines) is 1. The second-order valence-corrected chi connectivity index (χ2v) is 9.35. The van der Waals surface area contributed by atoms with Crippen LogP contribution in [0.15, 0.2) is 24.3 Å². The number of carbonyl (C=O) groups excluding carboxylic acids is 3. The van der Waals surface area contributed by atoms with Crippen molar-refractivity contribution in [3.05, 3.63) is 29.8 Å². The maximum atomic E-state index is 13.0. The second-order valence-electron chi connectivity index (χ2n) is 9.35. The number of amides is 3. The van der Waals surface area contributed by atoms with Crippen LogP contribution in [-0.2, 0) is 30.4 Å². The first-order valence-corrected chi connectivity index (χ1v) is 11.8. The van der Waals surface area contributed by atoms with Crippen molar-refractivity contribution in [1.29, 1.82) is 0 Å². The fourth-order valence-electron chi connectivity index (χ4n) is 4.11. The Kier molecular flexibility index (Phi) is 10.2. The molecule has 1 aliphatic heterocycles. The average molecular weight is 507 g/mol. The molecular formula is C24H34N4O8. The fourth-order valence-corrected chi connectivity index (χ4v) is 4.11. The van der Waals surface area contributed by atoms with Gasteiger partial charge in [0.1, 0.15) is 23.9 Å². The first kappa shape index (κ1) is 28.6. The van der Waals surface area contributed by atoms with Crippen molar-refractivity contribution in [2.24, 2.45) is 11.7 Å². The number of carbonyl (C=O) groups is 5. The van der Waals surface area contributed by atoms with Crippen LogP contribution in [-0.4, -0.2) is 80.6 Å². The van der Waals surface area contributed by atoms with Gasteiger partial charge in [0.05, 0.1) is 12.5 Å². The second kappa shape index (κ2) is 12.9. The highest BCUT2D eigenvalue weighted by Gasteiger charge is 2.38. The van der Waals surface area contributed by atoms with E-state index in [4.69, 9.17) is 5.73 Å². The third-order valence-electron chi connectivity index (χ3n) is 5.88. The number of aliphatic carboxylic acids is 2. The number of nitrogens with zero attached hydrogens (tertiary/aromatic N) is 1. The van der Waals surface area contributed by atoms with Crippen LogP contribution in [0.4, 0.5) is 0 Å². The monoisotopic (exact) mass is 506 g/mol. The minimum absolute atomic E-state index is 0.0530. The molecular weight excluding hydrogens is 472 g/mol. The molecule has 12 nitrogen and oxygen atoms in total. The third kappa shape index (κ3) is 8.22. The smallest absolute Gasteiger partial charge is 0.326 e. The van der Waals surface area contributed by atoms with Gasteiger partial charge < -0.3 is 36.6 Å². The van der Waals surface area contributed by atoms with Crippen molar-refractivity contribution in [1.82, 2.24) is 15.5 Å². The summed E-state index contributed by atoms with van der Waals surface area (Å²) in [4.78, 5) is 62.8. The molecule has 1 fully saturated rings. The Balaban J connectivity index is 2.08. The van der Waals surface area contributed by atoms with Crippen LogP contribution in [0.3, 0.4) is 0 Å². The van der Waals surface area contributed by atoms with Gasteiger partial charge in [0.25, 0.3) is 0 Å². The predicted molar refractivity (Wildman–Crippen MR) is 128 cm³/mol. The van der Waals surface area contributed by atoms with Crippen LogP contribution in [0.25, 0.3) is 0 Å². The van der Waals surface area contributed by atoms with Gasteiger partial charge in [0.15, 0.2) is 0 Å². The Hall–Kier alpha value is -3.67. The van der Waals surface area contributed by atoms with Crippen molar-refractivity contribution >= 4 is 29.7 Å². The van der Waals surface area contributed by atoms with Gasteiger partial charge in [-0.2, -0.15) is 0 Å². The average Bonchev–Trinajstić information content (AvgIpc) is 3.28. The molecule has 0 bridgehead atoms. The summed E-state index contributed by atoms with van der Waals surface area (Å²) >= 11 is 0. The molecule has 1 aliphatic rings. The van der Waals surface area contributed by atoms with Gasteiger partial charge in [-0.25, -0.2) is 4.79 Å². The van der Waals surface area contributed by atoms with Gasteiger partial charge in [-0.15, -0.1) is 0 Å². The lowest BCUT2D eigenvalue weighted by Gasteiger charge is -2.28. The SMILES string of the molecule is CC(C)CC(NC(=O)C(CC(=O)O)NC(=O)C1CCCN1C(=O)C(N)Cc1ccc(O)cc1)C(=O)O. The Morgan fingerprint density at radius 2 is 1.69 bits per heavy atom. The Morgan fingerprint density at radius 1 is 1.06 bits per heavy atom. The number of benzene rings is 1. The lowest BCUT2D eigenvalue weighted by atomic mass is 10.0. The normalized spacial score (nSPS) is 17.8. The van der Waals surface area contributed by atoms with Crippen LogP contribution < -0.4 is 16.4 Å². The van der Waals surface area contributed by atoms with Gasteiger partial charge in [-0.3, -0.25) is 19.2 Å². The molecule has 36 heavy (non-hydrogen) atoms. The first-order chi connectivity index (χ1) is 16.9. The highest BCUT2D eigenvalue weighted by Crippen LogP contribution is 2.20. The molecule has 0 aliphatic carbocycles. The van der Waals surface area contributed by atoms with Crippen molar-refractivity contribution in [3.63, 3.8) is 0 Å². The number of nitrogens with one attached hydrogen (secondary N) is 2. The van der Waals surface area contributed by atoms with E-state index in [0.29, 0.717) is 12.8 Å². The topological polar surface area (TPSA) is 199 Å². The summed E-state index contributed by atoms with van der Waals surface area (Å²) in [6.45, 7) is 3.82. The molecule has 0 radical (unpaired) electrons. The summed E-state index contributed by atoms with van der Waals surface area (Å²) in [5.41, 5.74) is 6.81. The van der Waals surface area contributed by atoms with Crippen molar-refractivity contribution in [2.75, 3.05) is 6.54 Å². The summed E-state index contributed by atoms with van der Waals surface area (Å²) in [6, 6.07) is 1.56. The van der Waals surface area contributed by atoms with Crippen molar-refractivity contribution < 1.29 is 39.3 Å². The zero-order chi connectivity index (χ0) is 27.0. The highest BCUT2D eigenvalue weighted by atomic mass is 16.4. The van der Waals surface area contributed by atoms with E-state index in [-0.39, 0.29) is 31.1 Å². The number of nitrogens with two attached hydrogens (primary N) is 1. The summed E-state index contributed by atoms with van der Waals surface area (Å²) < 4.78 is 0. The molecule has 1 aromatic rings. The molecule has 3 amide bonds. The highest BCUT2D eigenvalue weighted by molar-refractivity contribution is 5.95. The largest absolute Gasteiger partial charge is 0.508 e. The first-order valence-electron chi connectivity index (χ1n) is 11.8.